The number of hydrogen-bond donors (Lipinski definition) is 2. The van der Waals surface area contributed by atoms with Gasteiger partial charge < -0.3 is 15.3 Å². The molecule has 32 heavy (non-hydrogen) atoms. The smallest absolute Gasteiger partial charge is 0.337 e. The molecule has 1 saturated heterocycles. The molecule has 0 spiro atoms. The number of anilines is 2. The number of fused-ring (bicyclic) bond motifs is 2. The largest absolute Gasteiger partial charge is 0.478 e. The van der Waals surface area contributed by atoms with Crippen LogP contribution in [0.4, 0.5) is 11.6 Å². The Balaban J connectivity index is 1.63. The molecule has 2 fully saturated rings. The van der Waals surface area contributed by atoms with Crippen molar-refractivity contribution in [2.45, 2.75) is 19.4 Å². The molecule has 2 aliphatic rings. The number of hydrogen-bond acceptors (Lipinski definition) is 5. The molecule has 3 unspecified atom stereocenters. The van der Waals surface area contributed by atoms with E-state index >= 15 is 0 Å². The van der Waals surface area contributed by atoms with E-state index in [4.69, 9.17) is 4.98 Å². The Morgan fingerprint density at radius 1 is 1.28 bits per heavy atom. The van der Waals surface area contributed by atoms with Crippen molar-refractivity contribution in [3.63, 3.8) is 0 Å². The highest BCUT2D eigenvalue weighted by Crippen LogP contribution is 2.46. The van der Waals surface area contributed by atoms with Crippen LogP contribution in [0.2, 0.25) is 0 Å². The molecule has 7 nitrogen and oxygen atoms in total. The molecule has 0 radical (unpaired) electrons. The first kappa shape index (κ1) is 20.3. The third-order valence-electron chi connectivity index (χ3n) is 6.70. The fourth-order valence-corrected chi connectivity index (χ4v) is 4.81. The molecule has 2 heterocycles. The molecule has 164 valence electrons. The van der Waals surface area contributed by atoms with Gasteiger partial charge in [0.05, 0.1) is 22.5 Å². The third-order valence-corrected chi connectivity index (χ3v) is 6.70. The van der Waals surface area contributed by atoms with E-state index in [-0.39, 0.29) is 17.2 Å². The average molecular weight is 431 g/mol. The molecule has 3 atom stereocenters. The lowest BCUT2D eigenvalue weighted by Gasteiger charge is -2.24. The van der Waals surface area contributed by atoms with Gasteiger partial charge in [0, 0.05) is 31.4 Å². The molecule has 2 aromatic carbocycles. The van der Waals surface area contributed by atoms with Gasteiger partial charge in [-0.2, -0.15) is 0 Å². The lowest BCUT2D eigenvalue weighted by Crippen LogP contribution is -2.31. The molecule has 0 amide bonds. The van der Waals surface area contributed by atoms with E-state index < -0.39 is 5.97 Å². The summed E-state index contributed by atoms with van der Waals surface area (Å²) in [6, 6.07) is 10.3. The Bertz CT molecular complexity index is 1300. The van der Waals surface area contributed by atoms with E-state index in [1.54, 1.807) is 42.0 Å². The van der Waals surface area contributed by atoms with Gasteiger partial charge in [-0.15, -0.1) is 0 Å². The number of aromatic nitrogens is 2. The van der Waals surface area contributed by atoms with Crippen LogP contribution in [0.25, 0.3) is 17.0 Å². The number of aromatic carboxylic acids is 1. The maximum absolute atomic E-state index is 13.3. The van der Waals surface area contributed by atoms with Gasteiger partial charge in [0.15, 0.2) is 0 Å². The number of piperidine rings is 1. The molecule has 3 aromatic rings. The zero-order valence-electron chi connectivity index (χ0n) is 18.2. The second kappa shape index (κ2) is 7.51. The highest BCUT2D eigenvalue weighted by Gasteiger charge is 2.46. The van der Waals surface area contributed by atoms with Gasteiger partial charge >= 0.3 is 5.97 Å². The van der Waals surface area contributed by atoms with Gasteiger partial charge in [-0.1, -0.05) is 24.8 Å². The second-order valence-corrected chi connectivity index (χ2v) is 8.86. The summed E-state index contributed by atoms with van der Waals surface area (Å²) in [5.41, 5.74) is 2.93. The van der Waals surface area contributed by atoms with Crippen LogP contribution in [0.5, 0.6) is 0 Å². The van der Waals surface area contributed by atoms with Crippen molar-refractivity contribution < 1.29 is 9.90 Å². The van der Waals surface area contributed by atoms with E-state index in [2.05, 4.69) is 16.8 Å². The van der Waals surface area contributed by atoms with E-state index in [1.165, 1.54) is 6.42 Å². The van der Waals surface area contributed by atoms with Crippen LogP contribution < -0.4 is 15.8 Å². The highest BCUT2D eigenvalue weighted by molar-refractivity contribution is 5.94. The predicted octanol–water partition coefficient (Wildman–Crippen LogP) is 3.90. The summed E-state index contributed by atoms with van der Waals surface area (Å²) in [5, 5.41) is 13.4. The summed E-state index contributed by atoms with van der Waals surface area (Å²) in [5.74, 6) is 1.14. The lowest BCUT2D eigenvalue weighted by molar-refractivity contribution is 0.0698. The highest BCUT2D eigenvalue weighted by atomic mass is 16.4. The molecule has 1 aliphatic heterocycles. The number of nitrogens with one attached hydrogen (secondary N) is 1. The standard InChI is InChI=1S/C25H26N4O3/c1-4-15-9-19(14(2)26-21-8-6-5-7-18(21)24(31)32)22-20(10-15)23(30)28(3)25(27-22)29-12-16-11-17(16)13-29/h4-10,14,16-17,26H,1,11-13H2,2-3H3,(H,31,32). The van der Waals surface area contributed by atoms with Crippen LogP contribution in [0.1, 0.15) is 40.9 Å². The minimum atomic E-state index is -0.994. The van der Waals surface area contributed by atoms with Gasteiger partial charge in [0.1, 0.15) is 0 Å². The molecule has 2 N–H and O–H groups in total. The number of nitrogens with zero attached hydrogens (tertiary/aromatic N) is 3. The molecule has 1 saturated carbocycles. The van der Waals surface area contributed by atoms with Crippen molar-refractivity contribution in [2.75, 3.05) is 23.3 Å². The zero-order valence-corrected chi connectivity index (χ0v) is 18.2. The molecule has 7 heteroatoms. The molecule has 5 rings (SSSR count). The quantitative estimate of drug-likeness (QED) is 0.617. The normalized spacial score (nSPS) is 20.1. The van der Waals surface area contributed by atoms with Crippen molar-refractivity contribution in [1.82, 2.24) is 9.55 Å². The monoisotopic (exact) mass is 430 g/mol. The van der Waals surface area contributed by atoms with Crippen LogP contribution in [0.3, 0.4) is 0 Å². The summed E-state index contributed by atoms with van der Waals surface area (Å²) in [6.45, 7) is 7.70. The van der Waals surface area contributed by atoms with Crippen LogP contribution in [0, 0.1) is 11.8 Å². The Labute approximate surface area is 186 Å². The van der Waals surface area contributed by atoms with Crippen molar-refractivity contribution >= 4 is 34.6 Å². The Kier molecular flexibility index (Phi) is 4.77. The first-order valence-corrected chi connectivity index (χ1v) is 10.9. The Morgan fingerprint density at radius 3 is 2.69 bits per heavy atom. The van der Waals surface area contributed by atoms with Gasteiger partial charge in [0.25, 0.3) is 5.56 Å². The number of benzene rings is 2. The van der Waals surface area contributed by atoms with Crippen LogP contribution in [0.15, 0.2) is 47.8 Å². The SMILES string of the molecule is C=Cc1cc(C(C)Nc2ccccc2C(=O)O)c2nc(N3CC4CC4C3)n(C)c(=O)c2c1. The fraction of sp³-hybridized carbons (Fsp3) is 0.320. The molecule has 0 bridgehead atoms. The lowest BCUT2D eigenvalue weighted by atomic mass is 10.00. The van der Waals surface area contributed by atoms with E-state index in [0.717, 1.165) is 36.1 Å². The Morgan fingerprint density at radius 2 is 2.00 bits per heavy atom. The topological polar surface area (TPSA) is 87.5 Å². The first-order valence-electron chi connectivity index (χ1n) is 10.9. The number of carboxylic acid groups (broad SMARTS) is 1. The van der Waals surface area contributed by atoms with Crippen molar-refractivity contribution in [2.24, 2.45) is 18.9 Å². The third kappa shape index (κ3) is 3.34. The average Bonchev–Trinajstić information content (AvgIpc) is 3.40. The van der Waals surface area contributed by atoms with Crippen LogP contribution >= 0.6 is 0 Å². The van der Waals surface area contributed by atoms with Crippen LogP contribution in [-0.4, -0.2) is 33.7 Å². The Hall–Kier alpha value is -3.61. The predicted molar refractivity (Wildman–Crippen MR) is 126 cm³/mol. The minimum absolute atomic E-state index is 0.0892. The summed E-state index contributed by atoms with van der Waals surface area (Å²) in [7, 11) is 1.78. The number of rotatable bonds is 6. The molecule has 1 aromatic heterocycles. The first-order chi connectivity index (χ1) is 15.4. The second-order valence-electron chi connectivity index (χ2n) is 8.86. The van der Waals surface area contributed by atoms with Gasteiger partial charge in [-0.25, -0.2) is 9.78 Å². The zero-order chi connectivity index (χ0) is 22.6. The summed E-state index contributed by atoms with van der Waals surface area (Å²) in [4.78, 5) is 32.1. The summed E-state index contributed by atoms with van der Waals surface area (Å²) < 4.78 is 1.64. The number of para-hydroxylation sites is 1. The number of carbonyl (C=O) groups is 1. The summed E-state index contributed by atoms with van der Waals surface area (Å²) in [6.07, 6.45) is 2.98. The van der Waals surface area contributed by atoms with E-state index in [0.29, 0.717) is 22.5 Å². The summed E-state index contributed by atoms with van der Waals surface area (Å²) >= 11 is 0. The van der Waals surface area contributed by atoms with Crippen molar-refractivity contribution in [1.29, 1.82) is 0 Å². The number of carboxylic acids is 1. The molecular formula is C25H26N4O3. The van der Waals surface area contributed by atoms with Gasteiger partial charge in [-0.3, -0.25) is 9.36 Å². The maximum Gasteiger partial charge on any atom is 0.337 e. The van der Waals surface area contributed by atoms with Gasteiger partial charge in [-0.05, 0) is 55.0 Å². The van der Waals surface area contributed by atoms with E-state index in [9.17, 15) is 14.7 Å². The van der Waals surface area contributed by atoms with Crippen LogP contribution in [-0.2, 0) is 7.05 Å². The van der Waals surface area contributed by atoms with Crippen molar-refractivity contribution in [3.05, 3.63) is 70.0 Å². The maximum atomic E-state index is 13.3. The molecule has 1 aliphatic carbocycles. The van der Waals surface area contributed by atoms with Crippen molar-refractivity contribution in [3.8, 4) is 0 Å². The minimum Gasteiger partial charge on any atom is -0.478 e. The van der Waals surface area contributed by atoms with Gasteiger partial charge in [0.2, 0.25) is 5.95 Å². The van der Waals surface area contributed by atoms with E-state index in [1.807, 2.05) is 19.1 Å². The fourth-order valence-electron chi connectivity index (χ4n) is 4.81. The molecular weight excluding hydrogens is 404 g/mol.